The Morgan fingerprint density at radius 3 is 2.21 bits per heavy atom. The number of carbonyl (C=O) groups is 1. The smallest absolute Gasteiger partial charge is 0.236 e. The van der Waals surface area contributed by atoms with E-state index in [2.05, 4.69) is 15.9 Å². The Labute approximate surface area is 168 Å². The number of hydrogen-bond acceptors (Lipinski definition) is 6. The quantitative estimate of drug-likeness (QED) is 0.732. The van der Waals surface area contributed by atoms with Crippen molar-refractivity contribution in [1.82, 2.24) is 14.7 Å². The summed E-state index contributed by atoms with van der Waals surface area (Å²) in [5, 5.41) is 0. The van der Waals surface area contributed by atoms with Crippen LogP contribution in [0.15, 0.2) is 18.2 Å². The van der Waals surface area contributed by atoms with E-state index >= 15 is 0 Å². The summed E-state index contributed by atoms with van der Waals surface area (Å²) in [7, 11) is 3.31. The van der Waals surface area contributed by atoms with E-state index in [0.717, 1.165) is 44.2 Å². The van der Waals surface area contributed by atoms with Crippen molar-refractivity contribution in [2.24, 2.45) is 0 Å². The Bertz CT molecular complexity index is 651. The molecule has 2 saturated heterocycles. The first-order valence-corrected chi connectivity index (χ1v) is 10.1. The van der Waals surface area contributed by atoms with E-state index in [-0.39, 0.29) is 18.1 Å². The van der Waals surface area contributed by atoms with Gasteiger partial charge in [-0.25, -0.2) is 0 Å². The van der Waals surface area contributed by atoms with E-state index in [1.807, 2.05) is 30.9 Å². The molecule has 0 unspecified atom stereocenters. The minimum absolute atomic E-state index is 0.117. The number of hydrogen-bond donors (Lipinski definition) is 0. The molecule has 0 aliphatic carbocycles. The van der Waals surface area contributed by atoms with Gasteiger partial charge in [0.15, 0.2) is 11.5 Å². The van der Waals surface area contributed by atoms with E-state index in [1.165, 1.54) is 5.56 Å². The van der Waals surface area contributed by atoms with E-state index < -0.39 is 0 Å². The molecule has 0 radical (unpaired) electrons. The summed E-state index contributed by atoms with van der Waals surface area (Å²) in [6, 6.07) is 6.07. The molecule has 2 fully saturated rings. The van der Waals surface area contributed by atoms with Crippen LogP contribution in [0.5, 0.6) is 11.5 Å². The number of amides is 1. The van der Waals surface area contributed by atoms with Crippen LogP contribution in [-0.2, 0) is 16.1 Å². The summed E-state index contributed by atoms with van der Waals surface area (Å²) < 4.78 is 16.4. The van der Waals surface area contributed by atoms with Crippen molar-refractivity contribution < 1.29 is 19.0 Å². The highest BCUT2D eigenvalue weighted by Gasteiger charge is 2.28. The molecule has 0 bridgehead atoms. The number of benzene rings is 1. The van der Waals surface area contributed by atoms with Crippen molar-refractivity contribution in [3.8, 4) is 11.5 Å². The minimum Gasteiger partial charge on any atom is -0.493 e. The fourth-order valence-corrected chi connectivity index (χ4v) is 4.02. The number of morpholine rings is 1. The third-order valence-corrected chi connectivity index (χ3v) is 5.45. The first kappa shape index (κ1) is 20.9. The molecule has 2 aliphatic heterocycles. The number of ether oxygens (including phenoxy) is 3. The average molecular weight is 392 g/mol. The topological polar surface area (TPSA) is 54.5 Å². The van der Waals surface area contributed by atoms with Gasteiger partial charge in [-0.15, -0.1) is 0 Å². The van der Waals surface area contributed by atoms with Crippen LogP contribution in [0.25, 0.3) is 0 Å². The van der Waals surface area contributed by atoms with Crippen molar-refractivity contribution >= 4 is 5.91 Å². The zero-order chi connectivity index (χ0) is 20.1. The standard InChI is InChI=1S/C21H33N3O4/c1-16-12-24(13-17(2)28-16)21(25)15-23-9-7-22(8-10-23)14-18-5-6-19(26-3)20(11-18)27-4/h5-6,11,16-17H,7-10,12-15H2,1-4H3/t16-,17-/m1/s1. The van der Waals surface area contributed by atoms with Gasteiger partial charge in [-0.1, -0.05) is 6.07 Å². The minimum atomic E-state index is 0.117. The van der Waals surface area contributed by atoms with Crippen molar-refractivity contribution in [2.75, 3.05) is 60.0 Å². The monoisotopic (exact) mass is 391 g/mol. The lowest BCUT2D eigenvalue weighted by molar-refractivity contribution is -0.144. The Balaban J connectivity index is 1.46. The molecular formula is C21H33N3O4. The maximum absolute atomic E-state index is 12.7. The molecule has 28 heavy (non-hydrogen) atoms. The Hall–Kier alpha value is -1.83. The molecule has 7 nitrogen and oxygen atoms in total. The van der Waals surface area contributed by atoms with Gasteiger partial charge in [0.05, 0.1) is 33.0 Å². The number of methoxy groups -OCH3 is 2. The predicted molar refractivity (Wildman–Crippen MR) is 108 cm³/mol. The Morgan fingerprint density at radius 2 is 1.61 bits per heavy atom. The number of carbonyl (C=O) groups excluding carboxylic acids is 1. The molecule has 1 aromatic rings. The summed E-state index contributed by atoms with van der Waals surface area (Å²) in [4.78, 5) is 19.3. The van der Waals surface area contributed by atoms with Gasteiger partial charge in [0.2, 0.25) is 5.91 Å². The molecule has 3 rings (SSSR count). The maximum Gasteiger partial charge on any atom is 0.236 e. The van der Waals surface area contributed by atoms with Crippen LogP contribution in [0.2, 0.25) is 0 Å². The van der Waals surface area contributed by atoms with Crippen LogP contribution >= 0.6 is 0 Å². The van der Waals surface area contributed by atoms with Crippen molar-refractivity contribution in [2.45, 2.75) is 32.6 Å². The molecule has 2 heterocycles. The maximum atomic E-state index is 12.7. The average Bonchev–Trinajstić information content (AvgIpc) is 2.68. The highest BCUT2D eigenvalue weighted by Crippen LogP contribution is 2.28. The molecule has 2 aliphatic rings. The van der Waals surface area contributed by atoms with Gasteiger partial charge in [-0.2, -0.15) is 0 Å². The van der Waals surface area contributed by atoms with Crippen LogP contribution in [-0.4, -0.2) is 92.8 Å². The van der Waals surface area contributed by atoms with Crippen LogP contribution in [0.3, 0.4) is 0 Å². The van der Waals surface area contributed by atoms with Crippen molar-refractivity contribution in [3.05, 3.63) is 23.8 Å². The van der Waals surface area contributed by atoms with Crippen LogP contribution < -0.4 is 9.47 Å². The molecule has 0 N–H and O–H groups in total. The van der Waals surface area contributed by atoms with Crippen molar-refractivity contribution in [3.63, 3.8) is 0 Å². The summed E-state index contributed by atoms with van der Waals surface area (Å²) >= 11 is 0. The molecule has 7 heteroatoms. The van der Waals surface area contributed by atoms with Gasteiger partial charge in [0.25, 0.3) is 0 Å². The fourth-order valence-electron chi connectivity index (χ4n) is 4.02. The van der Waals surface area contributed by atoms with Crippen LogP contribution in [0.1, 0.15) is 19.4 Å². The molecule has 156 valence electrons. The second-order valence-electron chi connectivity index (χ2n) is 7.80. The molecule has 1 aromatic carbocycles. The zero-order valence-electron chi connectivity index (χ0n) is 17.5. The molecular weight excluding hydrogens is 358 g/mol. The Morgan fingerprint density at radius 1 is 1.00 bits per heavy atom. The summed E-state index contributed by atoms with van der Waals surface area (Å²) in [6.45, 7) is 10.6. The third kappa shape index (κ3) is 5.37. The van der Waals surface area contributed by atoms with Gasteiger partial charge in [-0.3, -0.25) is 14.6 Å². The lowest BCUT2D eigenvalue weighted by Crippen LogP contribution is -2.53. The summed E-state index contributed by atoms with van der Waals surface area (Å²) in [6.07, 6.45) is 0.233. The molecule has 0 aromatic heterocycles. The van der Waals surface area contributed by atoms with Crippen molar-refractivity contribution in [1.29, 1.82) is 0 Å². The molecule has 2 atom stereocenters. The van der Waals surface area contributed by atoms with E-state index in [9.17, 15) is 4.79 Å². The predicted octanol–water partition coefficient (Wildman–Crippen LogP) is 1.46. The zero-order valence-corrected chi connectivity index (χ0v) is 17.5. The molecule has 0 spiro atoms. The third-order valence-electron chi connectivity index (χ3n) is 5.45. The lowest BCUT2D eigenvalue weighted by Gasteiger charge is -2.38. The highest BCUT2D eigenvalue weighted by atomic mass is 16.5. The highest BCUT2D eigenvalue weighted by molar-refractivity contribution is 5.78. The first-order chi connectivity index (χ1) is 13.5. The summed E-state index contributed by atoms with van der Waals surface area (Å²) in [5.41, 5.74) is 1.21. The Kier molecular flexibility index (Phi) is 7.15. The van der Waals surface area contributed by atoms with Crippen LogP contribution in [0, 0.1) is 0 Å². The normalized spacial score (nSPS) is 24.2. The largest absolute Gasteiger partial charge is 0.493 e. The second kappa shape index (κ2) is 9.58. The van der Waals surface area contributed by atoms with Gasteiger partial charge in [-0.05, 0) is 31.5 Å². The van der Waals surface area contributed by atoms with Gasteiger partial charge >= 0.3 is 0 Å². The van der Waals surface area contributed by atoms with E-state index in [0.29, 0.717) is 19.6 Å². The SMILES string of the molecule is COc1ccc(CN2CCN(CC(=O)N3C[C@@H](C)O[C@H](C)C3)CC2)cc1OC. The second-order valence-corrected chi connectivity index (χ2v) is 7.80. The lowest BCUT2D eigenvalue weighted by atomic mass is 10.1. The number of rotatable bonds is 6. The van der Waals surface area contributed by atoms with E-state index in [4.69, 9.17) is 14.2 Å². The fraction of sp³-hybridized carbons (Fsp3) is 0.667. The number of piperazine rings is 1. The molecule has 1 amide bonds. The van der Waals surface area contributed by atoms with Gasteiger partial charge in [0, 0.05) is 45.8 Å². The molecule has 0 saturated carbocycles. The first-order valence-electron chi connectivity index (χ1n) is 10.1. The van der Waals surface area contributed by atoms with Gasteiger partial charge in [0.1, 0.15) is 0 Å². The summed E-state index contributed by atoms with van der Waals surface area (Å²) in [5.74, 6) is 1.73. The van der Waals surface area contributed by atoms with Crippen LogP contribution in [0.4, 0.5) is 0 Å². The van der Waals surface area contributed by atoms with Gasteiger partial charge < -0.3 is 19.1 Å². The van der Waals surface area contributed by atoms with E-state index in [1.54, 1.807) is 14.2 Å². The number of nitrogens with zero attached hydrogens (tertiary/aromatic N) is 3.